The predicted octanol–water partition coefficient (Wildman–Crippen LogP) is 2.91. The van der Waals surface area contributed by atoms with Gasteiger partial charge in [0.2, 0.25) is 16.0 Å². The Kier molecular flexibility index (Phi) is 4.87. The molecule has 3 N–H and O–H groups in total. The van der Waals surface area contributed by atoms with Crippen molar-refractivity contribution in [3.05, 3.63) is 58.6 Å². The van der Waals surface area contributed by atoms with Gasteiger partial charge in [0, 0.05) is 40.6 Å². The topological polar surface area (TPSA) is 114 Å². The van der Waals surface area contributed by atoms with Crippen molar-refractivity contribution in [1.29, 1.82) is 0 Å². The first kappa shape index (κ1) is 19.5. The maximum absolute atomic E-state index is 14.5. The fraction of sp³-hybridized carbons (Fsp3) is 0.167. The van der Waals surface area contributed by atoms with Gasteiger partial charge in [0.05, 0.1) is 11.8 Å². The van der Waals surface area contributed by atoms with Gasteiger partial charge in [-0.1, -0.05) is 0 Å². The van der Waals surface area contributed by atoms with Crippen molar-refractivity contribution in [1.82, 2.24) is 14.3 Å². The summed E-state index contributed by atoms with van der Waals surface area (Å²) < 4.78 is 40.7. The molecule has 3 heterocycles. The van der Waals surface area contributed by atoms with Crippen molar-refractivity contribution in [3.63, 3.8) is 0 Å². The van der Waals surface area contributed by atoms with Gasteiger partial charge in [-0.2, -0.15) is 0 Å². The van der Waals surface area contributed by atoms with Gasteiger partial charge in [-0.3, -0.25) is 4.98 Å². The molecule has 0 saturated carbocycles. The number of aliphatic imine (C=N–C) groups is 1. The Morgan fingerprint density at radius 1 is 1.28 bits per heavy atom. The molecule has 1 aliphatic heterocycles. The zero-order valence-corrected chi connectivity index (χ0v) is 17.6. The molecule has 150 valence electrons. The largest absolute Gasteiger partial charge is 0.369 e. The number of halogens is 2. The van der Waals surface area contributed by atoms with E-state index in [4.69, 9.17) is 5.73 Å². The number of hydrogen-bond donors (Lipinski definition) is 2. The van der Waals surface area contributed by atoms with Crippen LogP contribution in [0.2, 0.25) is 0 Å². The predicted molar refractivity (Wildman–Crippen MR) is 113 cm³/mol. The molecule has 0 saturated heterocycles. The third kappa shape index (κ3) is 3.75. The number of nitrogens with zero attached hydrogens (tertiary/aromatic N) is 4. The van der Waals surface area contributed by atoms with Gasteiger partial charge in [0.15, 0.2) is 5.82 Å². The van der Waals surface area contributed by atoms with Crippen molar-refractivity contribution in [2.24, 2.45) is 10.7 Å². The molecule has 2 aromatic heterocycles. The normalized spacial score (nSPS) is 18.5. The van der Waals surface area contributed by atoms with E-state index in [1.807, 2.05) is 12.1 Å². The van der Waals surface area contributed by atoms with E-state index in [1.54, 1.807) is 12.4 Å². The number of hydrogen-bond acceptors (Lipinski definition) is 7. The summed E-state index contributed by atoms with van der Waals surface area (Å²) in [7, 11) is -2.35. The van der Waals surface area contributed by atoms with Crippen LogP contribution in [0.5, 0.6) is 0 Å². The van der Waals surface area contributed by atoms with Crippen LogP contribution in [0, 0.1) is 5.82 Å². The van der Waals surface area contributed by atoms with Gasteiger partial charge in [-0.15, -0.1) is 0 Å². The second kappa shape index (κ2) is 7.23. The van der Waals surface area contributed by atoms with E-state index >= 15 is 0 Å². The smallest absolute Gasteiger partial charge is 0.239 e. The summed E-state index contributed by atoms with van der Waals surface area (Å²) in [4.78, 5) is 12.8. The maximum atomic E-state index is 14.5. The SMILES string of the molecule is CN1C(N)=NC(c2cc(Nc3nccc4cc(Br)cnc34)ccc2F)CS1(=O)=O. The molecule has 1 unspecified atom stereocenters. The lowest BCUT2D eigenvalue weighted by atomic mass is 10.1. The second-order valence-corrected chi connectivity index (χ2v) is 9.46. The summed E-state index contributed by atoms with van der Waals surface area (Å²) in [6.07, 6.45) is 3.30. The summed E-state index contributed by atoms with van der Waals surface area (Å²) in [5.74, 6) is -0.618. The summed E-state index contributed by atoms with van der Waals surface area (Å²) >= 11 is 3.38. The monoisotopic (exact) mass is 478 g/mol. The van der Waals surface area contributed by atoms with Gasteiger partial charge in [-0.25, -0.2) is 27.1 Å². The van der Waals surface area contributed by atoms with E-state index < -0.39 is 21.9 Å². The Bertz CT molecular complexity index is 1250. The van der Waals surface area contributed by atoms with Crippen molar-refractivity contribution in [2.45, 2.75) is 6.04 Å². The Morgan fingerprint density at radius 3 is 2.83 bits per heavy atom. The molecule has 3 aromatic rings. The van der Waals surface area contributed by atoms with Crippen LogP contribution < -0.4 is 11.1 Å². The number of nitrogens with one attached hydrogen (secondary N) is 1. The highest BCUT2D eigenvalue weighted by Gasteiger charge is 2.32. The third-order valence-corrected chi connectivity index (χ3v) is 6.77. The lowest BCUT2D eigenvalue weighted by Crippen LogP contribution is -2.45. The summed E-state index contributed by atoms with van der Waals surface area (Å²) in [6, 6.07) is 7.10. The molecule has 0 spiro atoms. The van der Waals surface area contributed by atoms with Crippen molar-refractivity contribution in [3.8, 4) is 0 Å². The van der Waals surface area contributed by atoms with Crippen LogP contribution in [-0.4, -0.2) is 41.5 Å². The van der Waals surface area contributed by atoms with Crippen molar-refractivity contribution in [2.75, 3.05) is 18.1 Å². The molecule has 0 bridgehead atoms. The number of pyridine rings is 2. The maximum Gasteiger partial charge on any atom is 0.239 e. The van der Waals surface area contributed by atoms with Gasteiger partial charge in [0.1, 0.15) is 11.3 Å². The number of nitrogens with two attached hydrogens (primary N) is 1. The summed E-state index contributed by atoms with van der Waals surface area (Å²) in [5.41, 5.74) is 7.00. The molecule has 1 aliphatic rings. The lowest BCUT2D eigenvalue weighted by molar-refractivity contribution is 0.525. The average molecular weight is 479 g/mol. The number of anilines is 2. The number of aromatic nitrogens is 2. The van der Waals surface area contributed by atoms with E-state index in [-0.39, 0.29) is 17.3 Å². The van der Waals surface area contributed by atoms with Crippen LogP contribution in [0.4, 0.5) is 15.9 Å². The molecule has 1 atom stereocenters. The number of benzene rings is 1. The van der Waals surface area contributed by atoms with E-state index in [0.717, 1.165) is 14.2 Å². The van der Waals surface area contributed by atoms with Gasteiger partial charge >= 0.3 is 0 Å². The first-order chi connectivity index (χ1) is 13.7. The van der Waals surface area contributed by atoms with Crippen LogP contribution in [0.25, 0.3) is 10.9 Å². The second-order valence-electron chi connectivity index (χ2n) is 6.50. The molecular formula is C18H16BrFN6O2S. The Balaban J connectivity index is 1.72. The van der Waals surface area contributed by atoms with E-state index in [0.29, 0.717) is 17.0 Å². The molecule has 29 heavy (non-hydrogen) atoms. The third-order valence-electron chi connectivity index (χ3n) is 4.58. The standard InChI is InChI=1S/C18H16BrFN6O2S/c1-26-18(21)25-15(9-29(26,27)28)13-7-12(2-3-14(13)20)24-17-16-10(4-5-22-17)6-11(19)8-23-16/h2-8,15H,9H2,1H3,(H2,21,25)(H,22,24). The molecule has 0 radical (unpaired) electrons. The number of guanidine groups is 1. The highest BCUT2D eigenvalue weighted by Crippen LogP contribution is 2.31. The average Bonchev–Trinajstić information content (AvgIpc) is 2.67. The van der Waals surface area contributed by atoms with Crippen LogP contribution in [0.3, 0.4) is 0 Å². The van der Waals surface area contributed by atoms with Gasteiger partial charge in [-0.05, 0) is 46.3 Å². The highest BCUT2D eigenvalue weighted by atomic mass is 79.9. The fourth-order valence-electron chi connectivity index (χ4n) is 3.03. The molecule has 11 heteroatoms. The minimum absolute atomic E-state index is 0.130. The Morgan fingerprint density at radius 2 is 2.07 bits per heavy atom. The molecule has 4 rings (SSSR count). The number of fused-ring (bicyclic) bond motifs is 1. The Labute approximate surface area is 174 Å². The van der Waals surface area contributed by atoms with Crippen molar-refractivity contribution < 1.29 is 12.8 Å². The number of rotatable bonds is 3. The minimum Gasteiger partial charge on any atom is -0.369 e. The number of sulfonamides is 1. The van der Waals surface area contributed by atoms with E-state index in [9.17, 15) is 12.8 Å². The quantitative estimate of drug-likeness (QED) is 0.598. The van der Waals surface area contributed by atoms with Crippen LogP contribution >= 0.6 is 15.9 Å². The Hall–Kier alpha value is -2.79. The molecule has 1 aromatic carbocycles. The molecule has 8 nitrogen and oxygen atoms in total. The van der Waals surface area contributed by atoms with E-state index in [1.165, 1.54) is 25.2 Å². The van der Waals surface area contributed by atoms with Crippen LogP contribution in [0.15, 0.2) is 52.2 Å². The zero-order chi connectivity index (χ0) is 20.8. The van der Waals surface area contributed by atoms with Gasteiger partial charge < -0.3 is 11.1 Å². The summed E-state index contributed by atoms with van der Waals surface area (Å²) in [5, 5.41) is 3.99. The first-order valence-corrected chi connectivity index (χ1v) is 10.9. The van der Waals surface area contributed by atoms with Crippen LogP contribution in [-0.2, 0) is 10.0 Å². The van der Waals surface area contributed by atoms with Gasteiger partial charge in [0.25, 0.3) is 0 Å². The lowest BCUT2D eigenvalue weighted by Gasteiger charge is -2.27. The molecule has 0 amide bonds. The summed E-state index contributed by atoms with van der Waals surface area (Å²) in [6.45, 7) is 0. The zero-order valence-electron chi connectivity index (χ0n) is 15.2. The molecule has 0 fully saturated rings. The first-order valence-electron chi connectivity index (χ1n) is 8.51. The highest BCUT2D eigenvalue weighted by molar-refractivity contribution is 9.10. The van der Waals surface area contributed by atoms with Crippen LogP contribution in [0.1, 0.15) is 11.6 Å². The fourth-order valence-corrected chi connectivity index (χ4v) is 4.59. The van der Waals surface area contributed by atoms with E-state index in [2.05, 4.69) is 36.2 Å². The molecule has 0 aliphatic carbocycles. The molecular weight excluding hydrogens is 463 g/mol. The minimum atomic E-state index is -3.67. The van der Waals surface area contributed by atoms with Crippen molar-refractivity contribution >= 4 is 54.3 Å².